The van der Waals surface area contributed by atoms with Crippen molar-refractivity contribution in [2.24, 2.45) is 0 Å². The smallest absolute Gasteiger partial charge is 0.0992 e. The van der Waals surface area contributed by atoms with Crippen molar-refractivity contribution in [3.63, 3.8) is 0 Å². The summed E-state index contributed by atoms with van der Waals surface area (Å²) in [6.45, 7) is 0.797. The second-order valence-corrected chi connectivity index (χ2v) is 6.03. The van der Waals surface area contributed by atoms with E-state index < -0.39 is 0 Å². The van der Waals surface area contributed by atoms with Crippen LogP contribution >= 0.6 is 15.9 Å². The lowest BCUT2D eigenvalue weighted by molar-refractivity contribution is 1.08. The number of hydrogen-bond donors (Lipinski definition) is 1. The highest BCUT2D eigenvalue weighted by molar-refractivity contribution is 9.10. The quantitative estimate of drug-likeness (QED) is 0.875. The predicted molar refractivity (Wildman–Crippen MR) is 84.6 cm³/mol. The minimum absolute atomic E-state index is 0.665. The van der Waals surface area contributed by atoms with Crippen LogP contribution in [0.3, 0.4) is 0 Å². The molecule has 1 N–H and O–H groups in total. The molecule has 2 aromatic carbocycles. The van der Waals surface area contributed by atoms with Crippen LogP contribution in [-0.4, -0.2) is 0 Å². The van der Waals surface area contributed by atoms with Gasteiger partial charge in [0.25, 0.3) is 0 Å². The van der Waals surface area contributed by atoms with Crippen LogP contribution in [0.4, 0.5) is 5.69 Å². The Morgan fingerprint density at radius 3 is 2.75 bits per heavy atom. The van der Waals surface area contributed by atoms with Crippen molar-refractivity contribution >= 4 is 21.6 Å². The standard InChI is InChI=1S/C17H15BrN2/c18-16-9-12(10-19)4-7-17(16)20-11-13-2-1-3-15(8-13)14-5-6-14/h1-4,7-9,14,20H,5-6,11H2. The minimum Gasteiger partial charge on any atom is -0.380 e. The molecule has 2 aromatic rings. The Balaban J connectivity index is 1.70. The van der Waals surface area contributed by atoms with E-state index in [0.717, 1.165) is 22.6 Å². The minimum atomic E-state index is 0.665. The second-order valence-electron chi connectivity index (χ2n) is 5.18. The number of hydrogen-bond acceptors (Lipinski definition) is 2. The number of halogens is 1. The lowest BCUT2D eigenvalue weighted by Crippen LogP contribution is -2.00. The largest absolute Gasteiger partial charge is 0.380 e. The Kier molecular flexibility index (Phi) is 3.75. The van der Waals surface area contributed by atoms with Crippen molar-refractivity contribution in [2.45, 2.75) is 25.3 Å². The van der Waals surface area contributed by atoms with Crippen LogP contribution in [0.15, 0.2) is 46.9 Å². The predicted octanol–water partition coefficient (Wildman–Crippen LogP) is 4.81. The number of nitriles is 1. The number of rotatable bonds is 4. The third-order valence-corrected chi connectivity index (χ3v) is 4.24. The molecule has 0 aromatic heterocycles. The number of nitrogens with one attached hydrogen (secondary N) is 1. The molecule has 0 spiro atoms. The molecule has 0 amide bonds. The first kappa shape index (κ1) is 13.2. The number of anilines is 1. The van der Waals surface area contributed by atoms with E-state index in [1.165, 1.54) is 24.0 Å². The van der Waals surface area contributed by atoms with Gasteiger partial charge in [-0.15, -0.1) is 0 Å². The van der Waals surface area contributed by atoms with Crippen LogP contribution in [0.25, 0.3) is 0 Å². The molecule has 0 unspecified atom stereocenters. The third kappa shape index (κ3) is 3.02. The van der Waals surface area contributed by atoms with Crippen molar-refractivity contribution < 1.29 is 0 Å². The molecule has 0 saturated heterocycles. The molecule has 0 aliphatic heterocycles. The van der Waals surface area contributed by atoms with E-state index >= 15 is 0 Å². The zero-order chi connectivity index (χ0) is 13.9. The van der Waals surface area contributed by atoms with Crippen molar-refractivity contribution in [1.29, 1.82) is 5.26 Å². The van der Waals surface area contributed by atoms with Gasteiger partial charge in [-0.2, -0.15) is 5.26 Å². The van der Waals surface area contributed by atoms with Gasteiger partial charge in [-0.1, -0.05) is 24.3 Å². The van der Waals surface area contributed by atoms with E-state index in [0.29, 0.717) is 5.56 Å². The molecular weight excluding hydrogens is 312 g/mol. The maximum absolute atomic E-state index is 8.86. The number of nitrogens with zero attached hydrogens (tertiary/aromatic N) is 1. The molecule has 1 aliphatic rings. The third-order valence-electron chi connectivity index (χ3n) is 3.58. The summed E-state index contributed by atoms with van der Waals surface area (Å²) in [5.41, 5.74) is 4.44. The van der Waals surface area contributed by atoms with Crippen LogP contribution in [-0.2, 0) is 6.54 Å². The second kappa shape index (κ2) is 5.68. The normalized spacial score (nSPS) is 13.8. The summed E-state index contributed by atoms with van der Waals surface area (Å²) in [5.74, 6) is 0.789. The summed E-state index contributed by atoms with van der Waals surface area (Å²) < 4.78 is 0.926. The van der Waals surface area contributed by atoms with E-state index in [4.69, 9.17) is 5.26 Å². The van der Waals surface area contributed by atoms with E-state index in [9.17, 15) is 0 Å². The Bertz CT molecular complexity index is 669. The van der Waals surface area contributed by atoms with Crippen molar-refractivity contribution in [1.82, 2.24) is 0 Å². The van der Waals surface area contributed by atoms with Crippen LogP contribution in [0, 0.1) is 11.3 Å². The summed E-state index contributed by atoms with van der Waals surface area (Å²) >= 11 is 3.50. The SMILES string of the molecule is N#Cc1ccc(NCc2cccc(C3CC3)c2)c(Br)c1. The first-order valence-electron chi connectivity index (χ1n) is 6.78. The van der Waals surface area contributed by atoms with Gasteiger partial charge in [0.2, 0.25) is 0 Å². The molecule has 3 heteroatoms. The van der Waals surface area contributed by atoms with Gasteiger partial charge in [-0.25, -0.2) is 0 Å². The van der Waals surface area contributed by atoms with Crippen LogP contribution in [0.5, 0.6) is 0 Å². The molecule has 1 saturated carbocycles. The maximum atomic E-state index is 8.86. The average Bonchev–Trinajstić information content (AvgIpc) is 3.31. The van der Waals surface area contributed by atoms with Crippen LogP contribution in [0.1, 0.15) is 35.4 Å². The number of benzene rings is 2. The highest BCUT2D eigenvalue weighted by atomic mass is 79.9. The lowest BCUT2D eigenvalue weighted by Gasteiger charge is -2.10. The lowest BCUT2D eigenvalue weighted by atomic mass is 10.1. The molecule has 0 bridgehead atoms. The van der Waals surface area contributed by atoms with Gasteiger partial charge < -0.3 is 5.32 Å². The van der Waals surface area contributed by atoms with Crippen LogP contribution in [0.2, 0.25) is 0 Å². The topological polar surface area (TPSA) is 35.8 Å². The van der Waals surface area contributed by atoms with Crippen molar-refractivity contribution in [2.75, 3.05) is 5.32 Å². The first-order chi connectivity index (χ1) is 9.76. The van der Waals surface area contributed by atoms with Crippen LogP contribution < -0.4 is 5.32 Å². The van der Waals surface area contributed by atoms with Gasteiger partial charge in [0.15, 0.2) is 0 Å². The fraction of sp³-hybridized carbons (Fsp3) is 0.235. The Hall–Kier alpha value is -1.79. The summed E-state index contributed by atoms with van der Waals surface area (Å²) in [4.78, 5) is 0. The fourth-order valence-corrected chi connectivity index (χ4v) is 2.82. The molecule has 0 atom stereocenters. The fourth-order valence-electron chi connectivity index (χ4n) is 2.30. The zero-order valence-corrected chi connectivity index (χ0v) is 12.7. The summed E-state index contributed by atoms with van der Waals surface area (Å²) in [6.07, 6.45) is 2.66. The molecule has 3 rings (SSSR count). The van der Waals surface area contributed by atoms with E-state index in [-0.39, 0.29) is 0 Å². The Morgan fingerprint density at radius 2 is 2.05 bits per heavy atom. The average molecular weight is 327 g/mol. The first-order valence-corrected chi connectivity index (χ1v) is 7.58. The Morgan fingerprint density at radius 1 is 1.20 bits per heavy atom. The molecule has 100 valence electrons. The molecule has 0 radical (unpaired) electrons. The molecule has 20 heavy (non-hydrogen) atoms. The molecule has 0 heterocycles. The van der Waals surface area contributed by atoms with Gasteiger partial charge in [0.1, 0.15) is 0 Å². The van der Waals surface area contributed by atoms with Gasteiger partial charge >= 0.3 is 0 Å². The summed E-state index contributed by atoms with van der Waals surface area (Å²) in [7, 11) is 0. The summed E-state index contributed by atoms with van der Waals surface area (Å²) in [5, 5.41) is 12.3. The van der Waals surface area contributed by atoms with E-state index in [2.05, 4.69) is 51.6 Å². The van der Waals surface area contributed by atoms with Gasteiger partial charge in [-0.05, 0) is 64.0 Å². The highest BCUT2D eigenvalue weighted by Gasteiger charge is 2.23. The van der Waals surface area contributed by atoms with Gasteiger partial charge in [0, 0.05) is 16.7 Å². The van der Waals surface area contributed by atoms with Crippen molar-refractivity contribution in [3.05, 3.63) is 63.6 Å². The Labute approximate surface area is 127 Å². The van der Waals surface area contributed by atoms with Gasteiger partial charge in [0.05, 0.1) is 11.6 Å². The highest BCUT2D eigenvalue weighted by Crippen LogP contribution is 2.40. The van der Waals surface area contributed by atoms with Gasteiger partial charge in [-0.3, -0.25) is 0 Å². The van der Waals surface area contributed by atoms with Crippen molar-refractivity contribution in [3.8, 4) is 6.07 Å². The molecule has 1 aliphatic carbocycles. The van der Waals surface area contributed by atoms with E-state index in [1.807, 2.05) is 18.2 Å². The zero-order valence-electron chi connectivity index (χ0n) is 11.1. The monoisotopic (exact) mass is 326 g/mol. The maximum Gasteiger partial charge on any atom is 0.0992 e. The molecular formula is C17H15BrN2. The van der Waals surface area contributed by atoms with E-state index in [1.54, 1.807) is 0 Å². The molecule has 1 fully saturated rings. The molecule has 2 nitrogen and oxygen atoms in total. The summed E-state index contributed by atoms with van der Waals surface area (Å²) in [6, 6.07) is 16.5.